The number of rotatable bonds is 2. The molecule has 0 saturated carbocycles. The number of piperidine rings is 1. The van der Waals surface area contributed by atoms with Crippen LogP contribution in [0.4, 0.5) is 0 Å². The highest BCUT2D eigenvalue weighted by Gasteiger charge is 2.24. The number of amides is 1. The highest BCUT2D eigenvalue weighted by molar-refractivity contribution is 5.78. The van der Waals surface area contributed by atoms with Gasteiger partial charge in [0.2, 0.25) is 5.91 Å². The van der Waals surface area contributed by atoms with Gasteiger partial charge in [0.05, 0.1) is 6.54 Å². The molecule has 3 heterocycles. The lowest BCUT2D eigenvalue weighted by Crippen LogP contribution is -2.46. The molecular formula is C15H22N4O. The van der Waals surface area contributed by atoms with Gasteiger partial charge in [0, 0.05) is 50.5 Å². The van der Waals surface area contributed by atoms with Gasteiger partial charge in [-0.15, -0.1) is 0 Å². The molecule has 108 valence electrons. The van der Waals surface area contributed by atoms with Crippen molar-refractivity contribution in [2.24, 2.45) is 5.73 Å². The number of likely N-dealkylation sites (tertiary alicyclic amines) is 1. The molecule has 0 atom stereocenters. The fraction of sp³-hybridized carbons (Fsp3) is 0.600. The van der Waals surface area contributed by atoms with Crippen LogP contribution in [0.25, 0.3) is 0 Å². The first-order chi connectivity index (χ1) is 9.72. The third kappa shape index (κ3) is 2.99. The van der Waals surface area contributed by atoms with Gasteiger partial charge in [-0.05, 0) is 24.5 Å². The second kappa shape index (κ2) is 5.89. The number of pyridine rings is 1. The van der Waals surface area contributed by atoms with E-state index in [1.54, 1.807) is 0 Å². The Morgan fingerprint density at radius 1 is 1.35 bits per heavy atom. The van der Waals surface area contributed by atoms with Gasteiger partial charge >= 0.3 is 0 Å². The van der Waals surface area contributed by atoms with Crippen LogP contribution in [0.3, 0.4) is 0 Å². The molecule has 2 N–H and O–H groups in total. The van der Waals surface area contributed by atoms with E-state index in [2.05, 4.69) is 16.0 Å². The summed E-state index contributed by atoms with van der Waals surface area (Å²) in [5, 5.41) is 0. The molecule has 0 aliphatic carbocycles. The minimum Gasteiger partial charge on any atom is -0.337 e. The molecule has 1 aromatic heterocycles. The van der Waals surface area contributed by atoms with Crippen LogP contribution in [0.2, 0.25) is 0 Å². The zero-order valence-electron chi connectivity index (χ0n) is 11.8. The van der Waals surface area contributed by atoms with Crippen LogP contribution in [0, 0.1) is 0 Å². The maximum atomic E-state index is 12.4. The fourth-order valence-corrected chi connectivity index (χ4v) is 2.98. The first-order valence-corrected chi connectivity index (χ1v) is 7.41. The topological polar surface area (TPSA) is 62.5 Å². The number of carbonyl (C=O) groups excluding carboxylic acids is 1. The van der Waals surface area contributed by atoms with Crippen molar-refractivity contribution >= 4 is 5.91 Å². The molecule has 0 unspecified atom stereocenters. The Morgan fingerprint density at radius 3 is 2.95 bits per heavy atom. The molecule has 20 heavy (non-hydrogen) atoms. The molecule has 5 nitrogen and oxygen atoms in total. The number of carbonyl (C=O) groups is 1. The predicted molar refractivity (Wildman–Crippen MR) is 77.0 cm³/mol. The summed E-state index contributed by atoms with van der Waals surface area (Å²) in [7, 11) is 0. The number of hydrogen-bond acceptors (Lipinski definition) is 4. The van der Waals surface area contributed by atoms with Crippen LogP contribution >= 0.6 is 0 Å². The second-order valence-electron chi connectivity index (χ2n) is 5.79. The van der Waals surface area contributed by atoms with Gasteiger partial charge in [0.25, 0.3) is 0 Å². The summed E-state index contributed by atoms with van der Waals surface area (Å²) in [5.41, 5.74) is 8.22. The van der Waals surface area contributed by atoms with Gasteiger partial charge in [-0.25, -0.2) is 0 Å². The molecule has 5 heteroatoms. The summed E-state index contributed by atoms with van der Waals surface area (Å²) in [4.78, 5) is 20.9. The third-order valence-corrected chi connectivity index (χ3v) is 4.31. The molecule has 1 fully saturated rings. The SMILES string of the molecule is NC1CCN(CC(=O)N2CCc3ncccc3C2)CC1. The van der Waals surface area contributed by atoms with Crippen LogP contribution in [0.5, 0.6) is 0 Å². The van der Waals surface area contributed by atoms with Gasteiger partial charge in [0.1, 0.15) is 0 Å². The molecule has 0 spiro atoms. The van der Waals surface area contributed by atoms with Gasteiger partial charge in [-0.2, -0.15) is 0 Å². The summed E-state index contributed by atoms with van der Waals surface area (Å²) in [6, 6.07) is 4.33. The van der Waals surface area contributed by atoms with E-state index in [9.17, 15) is 4.79 Å². The molecule has 1 saturated heterocycles. The van der Waals surface area contributed by atoms with Crippen LogP contribution in [0.1, 0.15) is 24.1 Å². The molecule has 1 aromatic rings. The van der Waals surface area contributed by atoms with Crippen molar-refractivity contribution in [3.63, 3.8) is 0 Å². The van der Waals surface area contributed by atoms with E-state index in [1.165, 1.54) is 5.56 Å². The average molecular weight is 274 g/mol. The van der Waals surface area contributed by atoms with E-state index >= 15 is 0 Å². The first-order valence-electron chi connectivity index (χ1n) is 7.41. The second-order valence-corrected chi connectivity index (χ2v) is 5.79. The van der Waals surface area contributed by atoms with Crippen molar-refractivity contribution in [3.8, 4) is 0 Å². The molecule has 2 aliphatic rings. The van der Waals surface area contributed by atoms with Crippen molar-refractivity contribution in [2.45, 2.75) is 31.8 Å². The van der Waals surface area contributed by atoms with Crippen LogP contribution in [-0.2, 0) is 17.8 Å². The fourth-order valence-electron chi connectivity index (χ4n) is 2.98. The lowest BCUT2D eigenvalue weighted by molar-refractivity contribution is -0.133. The minimum atomic E-state index is 0.231. The van der Waals surface area contributed by atoms with Crippen molar-refractivity contribution in [2.75, 3.05) is 26.2 Å². The van der Waals surface area contributed by atoms with E-state index in [0.717, 1.165) is 44.6 Å². The Kier molecular flexibility index (Phi) is 3.98. The van der Waals surface area contributed by atoms with Crippen molar-refractivity contribution in [1.82, 2.24) is 14.8 Å². The molecule has 2 aliphatic heterocycles. The van der Waals surface area contributed by atoms with E-state index < -0.39 is 0 Å². The summed E-state index contributed by atoms with van der Waals surface area (Å²) < 4.78 is 0. The predicted octanol–water partition coefficient (Wildman–Crippen LogP) is 0.389. The Hall–Kier alpha value is -1.46. The lowest BCUT2D eigenvalue weighted by atomic mass is 10.0. The summed E-state index contributed by atoms with van der Waals surface area (Å²) >= 11 is 0. The number of aromatic nitrogens is 1. The number of nitrogens with two attached hydrogens (primary N) is 1. The highest BCUT2D eigenvalue weighted by atomic mass is 16.2. The van der Waals surface area contributed by atoms with Gasteiger partial charge in [-0.1, -0.05) is 6.07 Å². The maximum Gasteiger partial charge on any atom is 0.237 e. The van der Waals surface area contributed by atoms with E-state index in [0.29, 0.717) is 19.1 Å². The zero-order valence-corrected chi connectivity index (χ0v) is 11.8. The van der Waals surface area contributed by atoms with Crippen LogP contribution in [-0.4, -0.2) is 52.9 Å². The quantitative estimate of drug-likeness (QED) is 0.847. The maximum absolute atomic E-state index is 12.4. The number of nitrogens with zero attached hydrogens (tertiary/aromatic N) is 3. The highest BCUT2D eigenvalue weighted by Crippen LogP contribution is 2.17. The van der Waals surface area contributed by atoms with E-state index in [4.69, 9.17) is 5.73 Å². The van der Waals surface area contributed by atoms with E-state index in [1.807, 2.05) is 17.2 Å². The molecular weight excluding hydrogens is 252 g/mol. The summed E-state index contributed by atoms with van der Waals surface area (Å²) in [6.45, 7) is 3.91. The standard InChI is InChI=1S/C15H22N4O/c16-13-3-7-18(8-4-13)11-15(20)19-9-5-14-12(10-19)2-1-6-17-14/h1-2,6,13H,3-5,7-11,16H2. The van der Waals surface area contributed by atoms with Crippen molar-refractivity contribution < 1.29 is 4.79 Å². The monoisotopic (exact) mass is 274 g/mol. The van der Waals surface area contributed by atoms with Gasteiger partial charge in [0.15, 0.2) is 0 Å². The minimum absolute atomic E-state index is 0.231. The van der Waals surface area contributed by atoms with Crippen molar-refractivity contribution in [1.29, 1.82) is 0 Å². The van der Waals surface area contributed by atoms with E-state index in [-0.39, 0.29) is 5.91 Å². The number of fused-ring (bicyclic) bond motifs is 1. The third-order valence-electron chi connectivity index (χ3n) is 4.31. The Bertz CT molecular complexity index is 483. The number of hydrogen-bond donors (Lipinski definition) is 1. The van der Waals surface area contributed by atoms with Crippen molar-refractivity contribution in [3.05, 3.63) is 29.6 Å². The van der Waals surface area contributed by atoms with Crippen LogP contribution < -0.4 is 5.73 Å². The average Bonchev–Trinajstić information content (AvgIpc) is 2.49. The molecule has 3 rings (SSSR count). The Balaban J connectivity index is 1.56. The smallest absolute Gasteiger partial charge is 0.237 e. The molecule has 0 aromatic carbocycles. The normalized spacial score (nSPS) is 20.8. The van der Waals surface area contributed by atoms with Gasteiger partial charge < -0.3 is 10.6 Å². The van der Waals surface area contributed by atoms with Crippen LogP contribution in [0.15, 0.2) is 18.3 Å². The summed E-state index contributed by atoms with van der Waals surface area (Å²) in [5.74, 6) is 0.231. The summed E-state index contributed by atoms with van der Waals surface area (Å²) in [6.07, 6.45) is 4.69. The zero-order chi connectivity index (χ0) is 13.9. The lowest BCUT2D eigenvalue weighted by Gasteiger charge is -2.33. The molecule has 1 amide bonds. The van der Waals surface area contributed by atoms with Gasteiger partial charge in [-0.3, -0.25) is 14.7 Å². The Morgan fingerprint density at radius 2 is 2.15 bits per heavy atom. The first kappa shape index (κ1) is 13.5. The molecule has 0 radical (unpaired) electrons. The Labute approximate surface area is 119 Å². The molecule has 0 bridgehead atoms. The largest absolute Gasteiger partial charge is 0.337 e.